The van der Waals surface area contributed by atoms with Crippen LogP contribution in [0.3, 0.4) is 0 Å². The number of anilines is 1. The van der Waals surface area contributed by atoms with E-state index in [1.807, 2.05) is 0 Å². The molecular weight excluding hydrogens is 150 g/mol. The summed E-state index contributed by atoms with van der Waals surface area (Å²) in [6, 6.07) is 2.11. The van der Waals surface area contributed by atoms with Crippen LogP contribution in [0.25, 0.3) is 0 Å². The van der Waals surface area contributed by atoms with Crippen molar-refractivity contribution in [1.29, 1.82) is 0 Å². The first kappa shape index (κ1) is 7.94. The molecule has 1 aromatic carbocycles. The van der Waals surface area contributed by atoms with Crippen LogP contribution in [-0.4, -0.2) is 0 Å². The van der Waals surface area contributed by atoms with Crippen LogP contribution in [0.5, 0.6) is 0 Å². The first-order valence-corrected chi connectivity index (χ1v) is 3.07. The number of nitrogens with one attached hydrogen (secondary N) is 1. The molecule has 0 amide bonds. The van der Waals surface area contributed by atoms with Gasteiger partial charge in [-0.2, -0.15) is 0 Å². The third-order valence-electron chi connectivity index (χ3n) is 1.42. The third-order valence-corrected chi connectivity index (χ3v) is 1.42. The molecule has 0 saturated carbocycles. The molecule has 1 rings (SSSR count). The molecule has 11 heavy (non-hydrogen) atoms. The summed E-state index contributed by atoms with van der Waals surface area (Å²) in [5.41, 5.74) is 3.22. The average molecular weight is 158 g/mol. The van der Waals surface area contributed by atoms with Crippen LogP contribution in [0.2, 0.25) is 0 Å². The maximum Gasteiger partial charge on any atom is 0.160 e. The van der Waals surface area contributed by atoms with E-state index in [0.717, 1.165) is 12.1 Å². The van der Waals surface area contributed by atoms with Crippen molar-refractivity contribution < 1.29 is 8.78 Å². The molecule has 0 aromatic heterocycles. The smallest absolute Gasteiger partial charge is 0.160 e. The standard InChI is InChI=1S/C7H8F2N2/c1-4-2-5(8)6(9)3-7(4)11-10/h2-3,11H,10H2,1H3. The van der Waals surface area contributed by atoms with Crippen molar-refractivity contribution in [3.05, 3.63) is 29.3 Å². The largest absolute Gasteiger partial charge is 0.324 e. The van der Waals surface area contributed by atoms with Gasteiger partial charge < -0.3 is 5.43 Å². The van der Waals surface area contributed by atoms with Crippen molar-refractivity contribution >= 4 is 5.69 Å². The normalized spacial score (nSPS) is 9.82. The van der Waals surface area contributed by atoms with Crippen molar-refractivity contribution in [2.24, 2.45) is 5.84 Å². The van der Waals surface area contributed by atoms with E-state index in [9.17, 15) is 8.78 Å². The lowest BCUT2D eigenvalue weighted by Gasteiger charge is -2.04. The van der Waals surface area contributed by atoms with E-state index in [1.54, 1.807) is 6.92 Å². The minimum atomic E-state index is -0.899. The second-order valence-corrected chi connectivity index (χ2v) is 2.23. The SMILES string of the molecule is Cc1cc(F)c(F)cc1NN. The fourth-order valence-electron chi connectivity index (χ4n) is 0.802. The molecule has 3 N–H and O–H groups in total. The highest BCUT2D eigenvalue weighted by Crippen LogP contribution is 2.17. The molecule has 0 radical (unpaired) electrons. The summed E-state index contributed by atoms with van der Waals surface area (Å²) >= 11 is 0. The Morgan fingerprint density at radius 3 is 2.36 bits per heavy atom. The van der Waals surface area contributed by atoms with E-state index in [0.29, 0.717) is 11.3 Å². The second-order valence-electron chi connectivity index (χ2n) is 2.23. The van der Waals surface area contributed by atoms with Crippen molar-refractivity contribution in [2.75, 3.05) is 5.43 Å². The number of hydrogen-bond donors (Lipinski definition) is 2. The van der Waals surface area contributed by atoms with Crippen LogP contribution in [0.15, 0.2) is 12.1 Å². The molecule has 60 valence electrons. The third kappa shape index (κ3) is 1.46. The lowest BCUT2D eigenvalue weighted by molar-refractivity contribution is 0.508. The van der Waals surface area contributed by atoms with Gasteiger partial charge in [0.15, 0.2) is 11.6 Å². The van der Waals surface area contributed by atoms with Gasteiger partial charge in [0, 0.05) is 6.07 Å². The van der Waals surface area contributed by atoms with E-state index in [2.05, 4.69) is 5.43 Å². The zero-order chi connectivity index (χ0) is 8.43. The molecule has 4 heteroatoms. The topological polar surface area (TPSA) is 38.0 Å². The van der Waals surface area contributed by atoms with Gasteiger partial charge in [-0.1, -0.05) is 0 Å². The zero-order valence-corrected chi connectivity index (χ0v) is 5.99. The Morgan fingerprint density at radius 1 is 1.27 bits per heavy atom. The van der Waals surface area contributed by atoms with E-state index in [1.165, 1.54) is 0 Å². The lowest BCUT2D eigenvalue weighted by atomic mass is 10.2. The molecule has 0 fully saturated rings. The molecule has 1 aromatic rings. The summed E-state index contributed by atoms with van der Waals surface area (Å²) in [5.74, 6) is 3.27. The Labute approximate surface area is 63.0 Å². The van der Waals surface area contributed by atoms with Gasteiger partial charge in [0.05, 0.1) is 5.69 Å². The Kier molecular flexibility index (Phi) is 2.05. The molecule has 0 aliphatic carbocycles. The van der Waals surface area contributed by atoms with E-state index in [4.69, 9.17) is 5.84 Å². The van der Waals surface area contributed by atoms with Gasteiger partial charge >= 0.3 is 0 Å². The number of benzene rings is 1. The molecule has 0 atom stereocenters. The second kappa shape index (κ2) is 2.84. The number of nitrogen functional groups attached to an aromatic ring is 1. The molecule has 0 spiro atoms. The predicted octanol–water partition coefficient (Wildman–Crippen LogP) is 1.56. The van der Waals surface area contributed by atoms with Crippen molar-refractivity contribution in [1.82, 2.24) is 0 Å². The van der Waals surface area contributed by atoms with Gasteiger partial charge in [-0.05, 0) is 18.6 Å². The highest BCUT2D eigenvalue weighted by Gasteiger charge is 2.04. The number of halogens is 2. The Morgan fingerprint density at radius 2 is 1.82 bits per heavy atom. The number of rotatable bonds is 1. The number of hydrogen-bond acceptors (Lipinski definition) is 2. The predicted molar refractivity (Wildman–Crippen MR) is 38.9 cm³/mol. The minimum absolute atomic E-state index is 0.393. The minimum Gasteiger partial charge on any atom is -0.324 e. The summed E-state index contributed by atoms with van der Waals surface area (Å²) in [6.45, 7) is 1.64. The maximum atomic E-state index is 12.5. The molecule has 0 saturated heterocycles. The highest BCUT2D eigenvalue weighted by atomic mass is 19.2. The molecule has 0 aliphatic rings. The van der Waals surface area contributed by atoms with Crippen LogP contribution in [0, 0.1) is 18.6 Å². The van der Waals surface area contributed by atoms with Crippen LogP contribution >= 0.6 is 0 Å². The Hall–Kier alpha value is -1.16. The van der Waals surface area contributed by atoms with E-state index in [-0.39, 0.29) is 0 Å². The van der Waals surface area contributed by atoms with Crippen LogP contribution < -0.4 is 11.3 Å². The average Bonchev–Trinajstić information content (AvgIpc) is 1.97. The fraction of sp³-hybridized carbons (Fsp3) is 0.143. The Bertz CT molecular complexity index is 273. The molecule has 0 bridgehead atoms. The van der Waals surface area contributed by atoms with Gasteiger partial charge in [0.1, 0.15) is 0 Å². The summed E-state index contributed by atoms with van der Waals surface area (Å²) < 4.78 is 24.9. The lowest BCUT2D eigenvalue weighted by Crippen LogP contribution is -2.08. The summed E-state index contributed by atoms with van der Waals surface area (Å²) in [4.78, 5) is 0. The van der Waals surface area contributed by atoms with Crippen molar-refractivity contribution in [2.45, 2.75) is 6.92 Å². The van der Waals surface area contributed by atoms with E-state index < -0.39 is 11.6 Å². The number of nitrogens with two attached hydrogens (primary N) is 1. The molecule has 0 heterocycles. The van der Waals surface area contributed by atoms with Gasteiger partial charge in [-0.25, -0.2) is 8.78 Å². The highest BCUT2D eigenvalue weighted by molar-refractivity contribution is 5.49. The molecule has 0 aliphatic heterocycles. The molecular formula is C7H8F2N2. The first-order valence-electron chi connectivity index (χ1n) is 3.07. The summed E-state index contributed by atoms with van der Waals surface area (Å²) in [6.07, 6.45) is 0. The monoisotopic (exact) mass is 158 g/mol. The van der Waals surface area contributed by atoms with Gasteiger partial charge in [0.25, 0.3) is 0 Å². The number of aryl methyl sites for hydroxylation is 1. The van der Waals surface area contributed by atoms with Gasteiger partial charge in [-0.15, -0.1) is 0 Å². The first-order chi connectivity index (χ1) is 5.15. The maximum absolute atomic E-state index is 12.5. The summed E-state index contributed by atoms with van der Waals surface area (Å²) in [5, 5.41) is 0. The van der Waals surface area contributed by atoms with Crippen LogP contribution in [0.4, 0.5) is 14.5 Å². The fourth-order valence-corrected chi connectivity index (χ4v) is 0.802. The quantitative estimate of drug-likeness (QED) is 0.480. The number of hydrazine groups is 1. The van der Waals surface area contributed by atoms with Gasteiger partial charge in [0.2, 0.25) is 0 Å². The van der Waals surface area contributed by atoms with Crippen LogP contribution in [-0.2, 0) is 0 Å². The van der Waals surface area contributed by atoms with Crippen LogP contribution in [0.1, 0.15) is 5.56 Å². The molecule has 0 unspecified atom stereocenters. The van der Waals surface area contributed by atoms with Crippen molar-refractivity contribution in [3.63, 3.8) is 0 Å². The van der Waals surface area contributed by atoms with E-state index >= 15 is 0 Å². The van der Waals surface area contributed by atoms with Crippen molar-refractivity contribution in [3.8, 4) is 0 Å². The summed E-state index contributed by atoms with van der Waals surface area (Å²) in [7, 11) is 0. The van der Waals surface area contributed by atoms with Gasteiger partial charge in [-0.3, -0.25) is 5.84 Å². The molecule has 2 nitrogen and oxygen atoms in total. The Balaban J connectivity index is 3.21. The zero-order valence-electron chi connectivity index (χ0n) is 5.99.